The van der Waals surface area contributed by atoms with Crippen LogP contribution in [0.4, 0.5) is 4.79 Å². The quantitative estimate of drug-likeness (QED) is 0.674. The number of esters is 1. The maximum absolute atomic E-state index is 12.2. The first kappa shape index (κ1) is 18.7. The lowest BCUT2D eigenvalue weighted by Gasteiger charge is -2.31. The van der Waals surface area contributed by atoms with Crippen LogP contribution in [-0.2, 0) is 14.3 Å². The van der Waals surface area contributed by atoms with E-state index >= 15 is 0 Å². The van der Waals surface area contributed by atoms with Gasteiger partial charge in [-0.05, 0) is 41.0 Å². The molecule has 0 rings (SSSR count). The molecule has 0 saturated carbocycles. The van der Waals surface area contributed by atoms with Gasteiger partial charge in [0.1, 0.15) is 5.60 Å². The molecule has 0 heterocycles. The highest BCUT2D eigenvalue weighted by atomic mass is 16.6. The van der Waals surface area contributed by atoms with Crippen molar-refractivity contribution in [3.63, 3.8) is 0 Å². The van der Waals surface area contributed by atoms with Crippen LogP contribution in [0.15, 0.2) is 0 Å². The van der Waals surface area contributed by atoms with Crippen molar-refractivity contribution in [3.05, 3.63) is 0 Å². The van der Waals surface area contributed by atoms with Crippen LogP contribution in [0.25, 0.3) is 0 Å². The molecule has 0 aromatic carbocycles. The lowest BCUT2D eigenvalue weighted by Crippen LogP contribution is -2.43. The summed E-state index contributed by atoms with van der Waals surface area (Å²) in [6.07, 6.45) is 1.68. The molecule has 0 aliphatic heterocycles. The molecule has 0 aliphatic rings. The van der Waals surface area contributed by atoms with E-state index in [0.717, 1.165) is 12.8 Å². The van der Waals surface area contributed by atoms with Crippen LogP contribution >= 0.6 is 0 Å². The second kappa shape index (κ2) is 8.82. The van der Waals surface area contributed by atoms with Gasteiger partial charge in [0.15, 0.2) is 0 Å². The SMILES string of the molecule is CCCCN(C(=O)OC(C)(C)C)C(C)CC(=O)OCC. The molecule has 0 radical (unpaired) electrons. The van der Waals surface area contributed by atoms with Crippen molar-refractivity contribution in [2.24, 2.45) is 0 Å². The van der Waals surface area contributed by atoms with Gasteiger partial charge in [-0.3, -0.25) is 4.79 Å². The zero-order valence-corrected chi connectivity index (χ0v) is 13.7. The number of carbonyl (C=O) groups excluding carboxylic acids is 2. The Kier molecular flexibility index (Phi) is 8.26. The van der Waals surface area contributed by atoms with Crippen molar-refractivity contribution < 1.29 is 19.1 Å². The normalized spacial score (nSPS) is 12.7. The summed E-state index contributed by atoms with van der Waals surface area (Å²) in [7, 11) is 0. The summed E-state index contributed by atoms with van der Waals surface area (Å²) in [6, 6.07) is -0.226. The molecular formula is C15H29NO4. The fourth-order valence-corrected chi connectivity index (χ4v) is 1.71. The predicted octanol–water partition coefficient (Wildman–Crippen LogP) is 3.37. The lowest BCUT2D eigenvalue weighted by atomic mass is 10.2. The first-order valence-corrected chi connectivity index (χ1v) is 7.36. The van der Waals surface area contributed by atoms with E-state index in [9.17, 15) is 9.59 Å². The number of hydrogen-bond donors (Lipinski definition) is 0. The molecule has 1 amide bonds. The molecule has 0 N–H and O–H groups in total. The van der Waals surface area contributed by atoms with Gasteiger partial charge in [0, 0.05) is 12.6 Å². The van der Waals surface area contributed by atoms with Gasteiger partial charge in [0.05, 0.1) is 13.0 Å². The minimum Gasteiger partial charge on any atom is -0.466 e. The zero-order chi connectivity index (χ0) is 15.8. The second-order valence-corrected chi connectivity index (χ2v) is 5.89. The van der Waals surface area contributed by atoms with Crippen LogP contribution in [0.3, 0.4) is 0 Å². The van der Waals surface area contributed by atoms with Crippen LogP contribution < -0.4 is 0 Å². The number of ether oxygens (including phenoxy) is 2. The molecule has 1 atom stereocenters. The molecule has 5 heteroatoms. The van der Waals surface area contributed by atoms with E-state index in [1.807, 2.05) is 27.7 Å². The van der Waals surface area contributed by atoms with Crippen LogP contribution in [0.2, 0.25) is 0 Å². The van der Waals surface area contributed by atoms with E-state index < -0.39 is 5.60 Å². The molecule has 118 valence electrons. The van der Waals surface area contributed by atoms with Crippen molar-refractivity contribution in [2.75, 3.05) is 13.2 Å². The summed E-state index contributed by atoms with van der Waals surface area (Å²) in [5, 5.41) is 0. The molecule has 0 bridgehead atoms. The summed E-state index contributed by atoms with van der Waals surface area (Å²) in [5.41, 5.74) is -0.537. The highest BCUT2D eigenvalue weighted by Crippen LogP contribution is 2.14. The third kappa shape index (κ3) is 8.02. The number of unbranched alkanes of at least 4 members (excludes halogenated alkanes) is 1. The minimum absolute atomic E-state index is 0.191. The Morgan fingerprint density at radius 2 is 1.80 bits per heavy atom. The van der Waals surface area contributed by atoms with Crippen molar-refractivity contribution in [2.45, 2.75) is 72.4 Å². The van der Waals surface area contributed by atoms with Gasteiger partial charge < -0.3 is 14.4 Å². The van der Waals surface area contributed by atoms with Gasteiger partial charge in [-0.25, -0.2) is 4.79 Å². The number of carbonyl (C=O) groups is 2. The van der Waals surface area contributed by atoms with Crippen LogP contribution in [0, 0.1) is 0 Å². The minimum atomic E-state index is -0.537. The summed E-state index contributed by atoms with van der Waals surface area (Å²) in [6.45, 7) is 12.1. The first-order valence-electron chi connectivity index (χ1n) is 7.36. The Morgan fingerprint density at radius 3 is 2.25 bits per heavy atom. The van der Waals surface area contributed by atoms with Crippen LogP contribution in [-0.4, -0.2) is 41.8 Å². The van der Waals surface area contributed by atoms with Gasteiger partial charge in [-0.1, -0.05) is 13.3 Å². The molecule has 0 saturated heterocycles. The van der Waals surface area contributed by atoms with Gasteiger partial charge in [0.2, 0.25) is 0 Å². The average Bonchev–Trinajstić information content (AvgIpc) is 2.27. The molecule has 0 aromatic heterocycles. The van der Waals surface area contributed by atoms with Crippen LogP contribution in [0.1, 0.15) is 60.8 Å². The third-order valence-corrected chi connectivity index (χ3v) is 2.68. The Bertz CT molecular complexity index is 309. The van der Waals surface area contributed by atoms with Gasteiger partial charge in [-0.2, -0.15) is 0 Å². The van der Waals surface area contributed by atoms with E-state index in [2.05, 4.69) is 6.92 Å². The summed E-state index contributed by atoms with van der Waals surface area (Å²) in [5.74, 6) is -0.287. The summed E-state index contributed by atoms with van der Waals surface area (Å²) in [4.78, 5) is 25.4. The Balaban J connectivity index is 4.68. The predicted molar refractivity (Wildman–Crippen MR) is 78.6 cm³/mol. The van der Waals surface area contributed by atoms with Crippen molar-refractivity contribution in [1.29, 1.82) is 0 Å². The molecule has 0 fully saturated rings. The van der Waals surface area contributed by atoms with Crippen molar-refractivity contribution in [3.8, 4) is 0 Å². The Labute approximate surface area is 122 Å². The molecule has 0 aromatic rings. The maximum Gasteiger partial charge on any atom is 0.410 e. The Morgan fingerprint density at radius 1 is 1.20 bits per heavy atom. The standard InChI is InChI=1S/C15H29NO4/c1-7-9-10-16(14(18)20-15(4,5)6)12(3)11-13(17)19-8-2/h12H,7-11H2,1-6H3. The van der Waals surface area contributed by atoms with Crippen LogP contribution in [0.5, 0.6) is 0 Å². The number of amides is 1. The van der Waals surface area contributed by atoms with Crippen molar-refractivity contribution >= 4 is 12.1 Å². The van der Waals surface area contributed by atoms with Gasteiger partial charge >= 0.3 is 12.1 Å². The van der Waals surface area contributed by atoms with Gasteiger partial charge in [0.25, 0.3) is 0 Å². The maximum atomic E-state index is 12.2. The molecule has 0 spiro atoms. The largest absolute Gasteiger partial charge is 0.466 e. The summed E-state index contributed by atoms with van der Waals surface area (Å²) < 4.78 is 10.3. The number of hydrogen-bond acceptors (Lipinski definition) is 4. The molecule has 0 aliphatic carbocycles. The fourth-order valence-electron chi connectivity index (χ4n) is 1.71. The Hall–Kier alpha value is -1.26. The number of rotatable bonds is 7. The number of nitrogens with zero attached hydrogens (tertiary/aromatic N) is 1. The monoisotopic (exact) mass is 287 g/mol. The topological polar surface area (TPSA) is 55.8 Å². The molecule has 1 unspecified atom stereocenters. The van der Waals surface area contributed by atoms with E-state index in [1.165, 1.54) is 0 Å². The highest BCUT2D eigenvalue weighted by molar-refractivity contribution is 5.73. The zero-order valence-electron chi connectivity index (χ0n) is 13.7. The highest BCUT2D eigenvalue weighted by Gasteiger charge is 2.27. The molecular weight excluding hydrogens is 258 g/mol. The molecule has 5 nitrogen and oxygen atoms in total. The average molecular weight is 287 g/mol. The summed E-state index contributed by atoms with van der Waals surface area (Å²) >= 11 is 0. The first-order chi connectivity index (χ1) is 9.21. The molecule has 20 heavy (non-hydrogen) atoms. The van der Waals surface area contributed by atoms with Gasteiger partial charge in [-0.15, -0.1) is 0 Å². The van der Waals surface area contributed by atoms with E-state index in [1.54, 1.807) is 11.8 Å². The van der Waals surface area contributed by atoms with E-state index in [4.69, 9.17) is 9.47 Å². The van der Waals surface area contributed by atoms with E-state index in [0.29, 0.717) is 13.2 Å². The lowest BCUT2D eigenvalue weighted by molar-refractivity contribution is -0.144. The smallest absolute Gasteiger partial charge is 0.410 e. The van der Waals surface area contributed by atoms with Crippen molar-refractivity contribution in [1.82, 2.24) is 4.90 Å². The van der Waals surface area contributed by atoms with E-state index in [-0.39, 0.29) is 24.5 Å². The third-order valence-electron chi connectivity index (χ3n) is 2.68. The fraction of sp³-hybridized carbons (Fsp3) is 0.867. The second-order valence-electron chi connectivity index (χ2n) is 5.89.